The minimum atomic E-state index is -0.223. The third kappa shape index (κ3) is 10.6. The van der Waals surface area contributed by atoms with Crippen LogP contribution in [0.4, 0.5) is 0 Å². The van der Waals surface area contributed by atoms with Gasteiger partial charge >= 0.3 is 0 Å². The second kappa shape index (κ2) is 27.1. The monoisotopic (exact) mass is 550 g/mol. The summed E-state index contributed by atoms with van der Waals surface area (Å²) in [6.45, 7) is 26.2. The van der Waals surface area contributed by atoms with Crippen LogP contribution in [0.25, 0.3) is 0 Å². The van der Waals surface area contributed by atoms with E-state index in [4.69, 9.17) is 0 Å². The minimum Gasteiger partial charge on any atom is -0.188 e. The largest absolute Gasteiger partial charge is 0.188 e. The molecule has 0 unspecified atom stereocenters. The van der Waals surface area contributed by atoms with Crippen LogP contribution in [0.2, 0.25) is 0 Å². The van der Waals surface area contributed by atoms with Gasteiger partial charge in [0.15, 0.2) is 0 Å². The van der Waals surface area contributed by atoms with Crippen LogP contribution in [0.3, 0.4) is 0 Å². The molecule has 0 atom stereocenters. The zero-order valence-corrected chi connectivity index (χ0v) is 28.0. The van der Waals surface area contributed by atoms with Crippen LogP contribution in [0, 0.1) is 6.08 Å². The van der Waals surface area contributed by atoms with Crippen molar-refractivity contribution in [1.82, 2.24) is 0 Å². The van der Waals surface area contributed by atoms with Crippen LogP contribution in [0.5, 0.6) is 0 Å². The first-order valence-corrected chi connectivity index (χ1v) is 13.6. The molecule has 1 aliphatic carbocycles. The molecule has 0 saturated heterocycles. The molecule has 193 valence electrons. The second-order valence-corrected chi connectivity index (χ2v) is 5.78. The first-order valence-electron chi connectivity index (χ1n) is 13.6. The van der Waals surface area contributed by atoms with E-state index in [1.165, 1.54) is 27.8 Å². The van der Waals surface area contributed by atoms with Gasteiger partial charge in [-0.3, -0.25) is 0 Å². The Balaban J connectivity index is -0.000000326. The molecule has 0 nitrogen and oxygen atoms in total. The Morgan fingerprint density at radius 2 is 0.771 bits per heavy atom. The van der Waals surface area contributed by atoms with Crippen LogP contribution in [0.15, 0.2) is 90.5 Å². The number of benzene rings is 3. The van der Waals surface area contributed by atoms with Gasteiger partial charge in [0.25, 0.3) is 0 Å². The van der Waals surface area contributed by atoms with Crippen molar-refractivity contribution in [2.75, 3.05) is 0 Å². The third-order valence-electron chi connectivity index (χ3n) is 4.63. The molecule has 0 heterocycles. The first kappa shape index (κ1) is 40.7. The fourth-order valence-corrected chi connectivity index (χ4v) is 3.70. The minimum absolute atomic E-state index is 0. The quantitative estimate of drug-likeness (QED) is 0.278. The zero-order chi connectivity index (χ0) is 27.0. The van der Waals surface area contributed by atoms with Crippen molar-refractivity contribution in [3.05, 3.63) is 119 Å². The molecular weight excluding hydrogens is 497 g/mol. The van der Waals surface area contributed by atoms with Gasteiger partial charge in [-0.15, -0.1) is 23.3 Å². The van der Waals surface area contributed by atoms with Crippen molar-refractivity contribution in [3.8, 4) is 0 Å². The molecule has 0 aromatic heterocycles. The summed E-state index contributed by atoms with van der Waals surface area (Å²) in [4.78, 5) is 0. The van der Waals surface area contributed by atoms with Crippen molar-refractivity contribution >= 4 is 0 Å². The van der Waals surface area contributed by atoms with E-state index in [1.807, 2.05) is 83.1 Å². The van der Waals surface area contributed by atoms with Gasteiger partial charge < -0.3 is 0 Å². The molecule has 0 spiro atoms. The van der Waals surface area contributed by atoms with Crippen molar-refractivity contribution in [2.24, 2.45) is 0 Å². The number of hydrogen-bond acceptors (Lipinski definition) is 0. The van der Waals surface area contributed by atoms with Gasteiger partial charge in [-0.2, -0.15) is 17.7 Å². The van der Waals surface area contributed by atoms with Gasteiger partial charge in [0.1, 0.15) is 0 Å². The summed E-state index contributed by atoms with van der Waals surface area (Å²) in [5.74, 6) is 0. The van der Waals surface area contributed by atoms with E-state index in [2.05, 4.69) is 97.9 Å². The predicted molar refractivity (Wildman–Crippen MR) is 159 cm³/mol. The standard InChI is InChI=1S/C22H17.6C2H6.Y/c1-17-16-18-10-8-9-15-21(18)22(17,19-11-4-2-5-12-19)20-13-6-3-7-14-20;6*1-2;/h2-15H,1H3;6*1-2H3;/q-1;;;;;;;. The fourth-order valence-electron chi connectivity index (χ4n) is 3.70. The molecule has 1 aliphatic rings. The van der Waals surface area contributed by atoms with Crippen LogP contribution < -0.4 is 0 Å². The first-order chi connectivity index (χ1) is 16.8. The van der Waals surface area contributed by atoms with Gasteiger partial charge in [0.05, 0.1) is 0 Å². The van der Waals surface area contributed by atoms with Crippen molar-refractivity contribution in [2.45, 2.75) is 95.4 Å². The molecule has 35 heavy (non-hydrogen) atoms. The Labute approximate surface area is 245 Å². The van der Waals surface area contributed by atoms with Gasteiger partial charge in [0, 0.05) is 38.1 Å². The number of rotatable bonds is 2. The predicted octanol–water partition coefficient (Wildman–Crippen LogP) is 11.3. The summed E-state index contributed by atoms with van der Waals surface area (Å²) in [7, 11) is 0. The number of fused-ring (bicyclic) bond motifs is 1. The Morgan fingerprint density at radius 3 is 1.14 bits per heavy atom. The summed E-state index contributed by atoms with van der Waals surface area (Å²) in [6.07, 6.45) is 3.60. The smallest absolute Gasteiger partial charge is 0.0107 e. The molecule has 1 heteroatoms. The van der Waals surface area contributed by atoms with E-state index >= 15 is 0 Å². The Kier molecular flexibility index (Phi) is 31.5. The van der Waals surface area contributed by atoms with Crippen molar-refractivity contribution in [3.63, 3.8) is 0 Å². The van der Waals surface area contributed by atoms with E-state index in [0.29, 0.717) is 0 Å². The Morgan fingerprint density at radius 1 is 0.457 bits per heavy atom. The summed E-state index contributed by atoms with van der Waals surface area (Å²) in [5, 5.41) is 0. The third-order valence-corrected chi connectivity index (χ3v) is 4.63. The van der Waals surface area contributed by atoms with Crippen LogP contribution in [-0.4, -0.2) is 0 Å². The topological polar surface area (TPSA) is 0 Å². The SMILES string of the molecule is CC.CC.CC.CC.CC.CC.CC1=[C-]c2ccccc2C1(c1ccccc1)c1ccccc1.[Y]. The van der Waals surface area contributed by atoms with Gasteiger partial charge in [-0.1, -0.05) is 157 Å². The van der Waals surface area contributed by atoms with E-state index in [-0.39, 0.29) is 38.1 Å². The molecule has 1 radical (unpaired) electrons. The average molecular weight is 551 g/mol. The normalized spacial score (nSPS) is 10.6. The molecule has 3 aromatic rings. The van der Waals surface area contributed by atoms with E-state index < -0.39 is 0 Å². The molecule has 3 aromatic carbocycles. The Bertz CT molecular complexity index is 793. The summed E-state index contributed by atoms with van der Waals surface area (Å²) in [6, 6.07) is 30.1. The van der Waals surface area contributed by atoms with Gasteiger partial charge in [-0.25, -0.2) is 0 Å². The molecule has 0 amide bonds. The fraction of sp³-hybridized carbons (Fsp3) is 0.412. The van der Waals surface area contributed by atoms with E-state index in [9.17, 15) is 0 Å². The van der Waals surface area contributed by atoms with Crippen LogP contribution in [0.1, 0.15) is 112 Å². The molecule has 4 rings (SSSR count). The van der Waals surface area contributed by atoms with Crippen LogP contribution >= 0.6 is 0 Å². The van der Waals surface area contributed by atoms with E-state index in [1.54, 1.807) is 0 Å². The average Bonchev–Trinajstić information content (AvgIpc) is 3.28. The molecule has 0 saturated carbocycles. The number of hydrogen-bond donors (Lipinski definition) is 0. The maximum absolute atomic E-state index is 3.60. The molecule has 0 fully saturated rings. The van der Waals surface area contributed by atoms with Gasteiger partial charge in [-0.05, 0) is 11.1 Å². The molecule has 0 aliphatic heterocycles. The second-order valence-electron chi connectivity index (χ2n) is 5.78. The molecule has 0 bridgehead atoms. The Hall–Kier alpha value is -1.50. The summed E-state index contributed by atoms with van der Waals surface area (Å²) < 4.78 is 0. The zero-order valence-electron chi connectivity index (χ0n) is 25.2. The molecular formula is C34H53Y-. The molecule has 0 N–H and O–H groups in total. The van der Waals surface area contributed by atoms with Gasteiger partial charge in [0.2, 0.25) is 0 Å². The maximum atomic E-state index is 3.60. The van der Waals surface area contributed by atoms with Crippen molar-refractivity contribution < 1.29 is 32.7 Å². The summed E-state index contributed by atoms with van der Waals surface area (Å²) in [5.41, 5.74) is 6.16. The maximum Gasteiger partial charge on any atom is 0.0107 e. The van der Waals surface area contributed by atoms with Crippen molar-refractivity contribution in [1.29, 1.82) is 0 Å². The van der Waals surface area contributed by atoms with Crippen LogP contribution in [-0.2, 0) is 38.1 Å². The summed E-state index contributed by atoms with van der Waals surface area (Å²) >= 11 is 0. The number of allylic oxidation sites excluding steroid dienone is 1. The van der Waals surface area contributed by atoms with E-state index in [0.717, 1.165) is 0 Å².